The summed E-state index contributed by atoms with van der Waals surface area (Å²) in [4.78, 5) is 22.7. The molecule has 10 atom stereocenters. The van der Waals surface area contributed by atoms with Crippen LogP contribution in [0, 0.1) is 0 Å². The second-order valence-corrected chi connectivity index (χ2v) is 6.30. The summed E-state index contributed by atoms with van der Waals surface area (Å²) >= 11 is 0. The molecule has 13 heteroatoms. The zero-order valence-corrected chi connectivity index (χ0v) is 14.2. The van der Waals surface area contributed by atoms with E-state index in [1.807, 2.05) is 0 Å². The third kappa shape index (κ3) is 4.53. The Morgan fingerprint density at radius 3 is 2.15 bits per heavy atom. The van der Waals surface area contributed by atoms with Crippen LogP contribution in [-0.2, 0) is 23.8 Å². The van der Waals surface area contributed by atoms with Gasteiger partial charge in [0.05, 0.1) is 6.61 Å². The minimum atomic E-state index is -1.99. The van der Waals surface area contributed by atoms with Gasteiger partial charge in [-0.05, 0) is 0 Å². The molecular formula is C14H23NO12. The fourth-order valence-corrected chi connectivity index (χ4v) is 2.94. The fraction of sp³-hybridized carbons (Fsp3) is 0.857. The lowest BCUT2D eigenvalue weighted by molar-refractivity contribution is -0.335. The number of nitrogens with one attached hydrogen (secondary N) is 1. The number of ether oxygens (including phenoxy) is 3. The number of carboxylic acid groups (broad SMARTS) is 1. The summed E-state index contributed by atoms with van der Waals surface area (Å²) in [5.41, 5.74) is 0. The molecule has 0 unspecified atom stereocenters. The van der Waals surface area contributed by atoms with Gasteiger partial charge < -0.3 is 55.3 Å². The number of carboxylic acids is 1. The number of hydrogen-bond acceptors (Lipinski definition) is 11. The van der Waals surface area contributed by atoms with Crippen LogP contribution in [0.2, 0.25) is 0 Å². The van der Waals surface area contributed by atoms with Gasteiger partial charge in [0, 0.05) is 6.92 Å². The van der Waals surface area contributed by atoms with Gasteiger partial charge in [-0.3, -0.25) is 4.79 Å². The molecule has 0 aromatic carbocycles. The first kappa shape index (κ1) is 21.9. The summed E-state index contributed by atoms with van der Waals surface area (Å²) in [6.45, 7) is 0.366. The number of carbonyl (C=O) groups is 2. The molecule has 156 valence electrons. The van der Waals surface area contributed by atoms with Crippen molar-refractivity contribution in [1.29, 1.82) is 0 Å². The van der Waals surface area contributed by atoms with Gasteiger partial charge in [0.15, 0.2) is 18.7 Å². The largest absolute Gasteiger partial charge is 0.479 e. The van der Waals surface area contributed by atoms with E-state index in [0.29, 0.717) is 0 Å². The van der Waals surface area contributed by atoms with Crippen LogP contribution in [-0.4, -0.2) is 116 Å². The minimum absolute atomic E-state index is 0.642. The second kappa shape index (κ2) is 8.72. The van der Waals surface area contributed by atoms with Crippen LogP contribution in [0.25, 0.3) is 0 Å². The van der Waals surface area contributed by atoms with E-state index in [2.05, 4.69) is 5.32 Å². The van der Waals surface area contributed by atoms with Gasteiger partial charge in [-0.25, -0.2) is 4.79 Å². The molecular weight excluding hydrogens is 374 g/mol. The third-order valence-electron chi connectivity index (χ3n) is 4.35. The average molecular weight is 397 g/mol. The van der Waals surface area contributed by atoms with Gasteiger partial charge in [0.1, 0.15) is 42.7 Å². The molecule has 2 saturated heterocycles. The Hall–Kier alpha value is -1.42. The van der Waals surface area contributed by atoms with Crippen LogP contribution in [0.3, 0.4) is 0 Å². The summed E-state index contributed by atoms with van der Waals surface area (Å²) in [6, 6.07) is -1.40. The quantitative estimate of drug-likeness (QED) is 0.218. The van der Waals surface area contributed by atoms with E-state index < -0.39 is 79.8 Å². The molecule has 8 N–H and O–H groups in total. The maximum absolute atomic E-state index is 11.4. The van der Waals surface area contributed by atoms with Crippen LogP contribution in [0.4, 0.5) is 0 Å². The molecule has 2 heterocycles. The molecule has 0 aliphatic carbocycles. The first-order valence-electron chi connectivity index (χ1n) is 8.06. The normalized spacial score (nSPS) is 45.3. The van der Waals surface area contributed by atoms with Crippen molar-refractivity contribution in [3.8, 4) is 0 Å². The van der Waals surface area contributed by atoms with E-state index in [0.717, 1.165) is 6.92 Å². The molecule has 0 spiro atoms. The van der Waals surface area contributed by atoms with Gasteiger partial charge in [-0.2, -0.15) is 0 Å². The van der Waals surface area contributed by atoms with E-state index >= 15 is 0 Å². The van der Waals surface area contributed by atoms with Crippen molar-refractivity contribution in [2.75, 3.05) is 6.61 Å². The minimum Gasteiger partial charge on any atom is -0.479 e. The molecule has 0 radical (unpaired) electrons. The Bertz CT molecular complexity index is 546. The number of aliphatic hydroxyl groups is 6. The maximum Gasteiger partial charge on any atom is 0.335 e. The topological polar surface area (TPSA) is 215 Å². The lowest BCUT2D eigenvalue weighted by Gasteiger charge is -2.46. The highest BCUT2D eigenvalue weighted by Crippen LogP contribution is 2.28. The zero-order chi connectivity index (χ0) is 20.5. The lowest BCUT2D eigenvalue weighted by atomic mass is 9.95. The van der Waals surface area contributed by atoms with Gasteiger partial charge in [-0.15, -0.1) is 0 Å². The van der Waals surface area contributed by atoms with Crippen molar-refractivity contribution in [3.05, 3.63) is 0 Å². The molecule has 1 amide bonds. The van der Waals surface area contributed by atoms with E-state index in [9.17, 15) is 45.3 Å². The predicted octanol–water partition coefficient (Wildman–Crippen LogP) is -5.16. The van der Waals surface area contributed by atoms with Gasteiger partial charge >= 0.3 is 5.97 Å². The fourth-order valence-electron chi connectivity index (χ4n) is 2.94. The van der Waals surface area contributed by atoms with E-state index in [4.69, 9.17) is 14.2 Å². The van der Waals surface area contributed by atoms with Crippen LogP contribution < -0.4 is 5.32 Å². The number of carbonyl (C=O) groups excluding carboxylic acids is 1. The number of amides is 1. The highest BCUT2D eigenvalue weighted by molar-refractivity contribution is 5.74. The summed E-state index contributed by atoms with van der Waals surface area (Å²) in [6.07, 6.45) is -15.7. The standard InChI is InChI=1S/C14H23NO12/c1-3(17)15-5-7(19)6(18)4(2-16)25-14(5)27-10-8(20)9(21)13(24)26-11(10)12(22)23/h4-11,13-14,16,18-21,24H,2H2,1H3,(H,15,17)(H,22,23)/t4-,5-,6+,7-,8-,9-,10+,11+,13-,14+/m1/s1. The van der Waals surface area contributed by atoms with Crippen molar-refractivity contribution in [3.63, 3.8) is 0 Å². The molecule has 27 heavy (non-hydrogen) atoms. The highest BCUT2D eigenvalue weighted by Gasteiger charge is 2.52. The van der Waals surface area contributed by atoms with Crippen LogP contribution in [0.5, 0.6) is 0 Å². The average Bonchev–Trinajstić information content (AvgIpc) is 2.60. The van der Waals surface area contributed by atoms with Crippen molar-refractivity contribution in [2.24, 2.45) is 0 Å². The molecule has 2 rings (SSSR count). The smallest absolute Gasteiger partial charge is 0.335 e. The first-order chi connectivity index (χ1) is 12.6. The number of aliphatic carboxylic acids is 1. The summed E-state index contributed by atoms with van der Waals surface area (Å²) in [5, 5.41) is 70.1. The van der Waals surface area contributed by atoms with Crippen molar-refractivity contribution >= 4 is 11.9 Å². The molecule has 2 fully saturated rings. The zero-order valence-electron chi connectivity index (χ0n) is 14.2. The summed E-state index contributed by atoms with van der Waals surface area (Å²) < 4.78 is 15.3. The van der Waals surface area contributed by atoms with E-state index in [1.54, 1.807) is 0 Å². The summed E-state index contributed by atoms with van der Waals surface area (Å²) in [7, 11) is 0. The van der Waals surface area contributed by atoms with Gasteiger partial charge in [-0.1, -0.05) is 0 Å². The lowest BCUT2D eigenvalue weighted by Crippen LogP contribution is -2.67. The molecule has 2 aliphatic heterocycles. The predicted molar refractivity (Wildman–Crippen MR) is 80.8 cm³/mol. The number of rotatable bonds is 5. The number of hydrogen-bond donors (Lipinski definition) is 8. The Labute approximate surface area is 152 Å². The Morgan fingerprint density at radius 1 is 1.00 bits per heavy atom. The van der Waals surface area contributed by atoms with Gasteiger partial charge in [0.25, 0.3) is 0 Å². The number of aliphatic hydroxyl groups excluding tert-OH is 6. The van der Waals surface area contributed by atoms with E-state index in [-0.39, 0.29) is 0 Å². The first-order valence-corrected chi connectivity index (χ1v) is 8.06. The summed E-state index contributed by atoms with van der Waals surface area (Å²) in [5.74, 6) is -2.27. The Balaban J connectivity index is 2.28. The van der Waals surface area contributed by atoms with Crippen molar-refractivity contribution in [2.45, 2.75) is 68.3 Å². The SMILES string of the molecule is CC(=O)N[C@H]1[C@H](O[C@H]2[C@H](O)[C@@H](O)[C@H](O)O[C@@H]2C(=O)O)O[C@H](CO)[C@H](O)[C@@H]1O. The Morgan fingerprint density at radius 2 is 1.63 bits per heavy atom. The molecule has 13 nitrogen and oxygen atoms in total. The van der Waals surface area contributed by atoms with Gasteiger partial charge in [0.2, 0.25) is 5.91 Å². The maximum atomic E-state index is 11.4. The van der Waals surface area contributed by atoms with Crippen molar-refractivity contribution in [1.82, 2.24) is 5.32 Å². The molecule has 0 saturated carbocycles. The van der Waals surface area contributed by atoms with Crippen LogP contribution in [0.15, 0.2) is 0 Å². The highest BCUT2D eigenvalue weighted by atomic mass is 16.7. The van der Waals surface area contributed by atoms with Crippen LogP contribution >= 0.6 is 0 Å². The van der Waals surface area contributed by atoms with E-state index in [1.165, 1.54) is 0 Å². The third-order valence-corrected chi connectivity index (χ3v) is 4.35. The molecule has 2 aliphatic rings. The Kier molecular flexibility index (Phi) is 7.07. The molecule has 0 aromatic heterocycles. The van der Waals surface area contributed by atoms with Crippen molar-refractivity contribution < 1.29 is 59.5 Å². The molecule has 0 bridgehead atoms. The second-order valence-electron chi connectivity index (χ2n) is 6.30. The monoisotopic (exact) mass is 397 g/mol. The molecule has 0 aromatic rings. The van der Waals surface area contributed by atoms with Crippen LogP contribution in [0.1, 0.15) is 6.92 Å².